The van der Waals surface area contributed by atoms with E-state index in [1.807, 2.05) is 24.8 Å². The van der Waals surface area contributed by atoms with Gasteiger partial charge in [-0.05, 0) is 61.3 Å². The van der Waals surface area contributed by atoms with Gasteiger partial charge in [0.15, 0.2) is 0 Å². The molecule has 0 aliphatic carbocycles. The molecule has 0 unspecified atom stereocenters. The number of alkyl halides is 2. The molecule has 234 valence electrons. The van der Waals surface area contributed by atoms with E-state index in [-0.39, 0.29) is 37.8 Å². The summed E-state index contributed by atoms with van der Waals surface area (Å²) in [6.45, 7) is 12.3. The molecule has 0 spiro atoms. The molecule has 10 heteroatoms. The first-order chi connectivity index (χ1) is 20.9. The van der Waals surface area contributed by atoms with Crippen LogP contribution in [0.2, 0.25) is 0 Å². The molecule has 2 fully saturated rings. The van der Waals surface area contributed by atoms with Crippen LogP contribution in [0.4, 0.5) is 26.2 Å². The van der Waals surface area contributed by atoms with Gasteiger partial charge < -0.3 is 19.8 Å². The Balaban J connectivity index is 1.29. The summed E-state index contributed by atoms with van der Waals surface area (Å²) < 4.78 is 27.4. The van der Waals surface area contributed by atoms with Gasteiger partial charge in [0, 0.05) is 80.8 Å². The lowest BCUT2D eigenvalue weighted by atomic mass is 9.82. The Labute approximate surface area is 258 Å². The van der Waals surface area contributed by atoms with E-state index in [1.165, 1.54) is 11.1 Å². The normalized spacial score (nSPS) is 19.5. The number of aryl methyl sites for hydroxylation is 2. The van der Waals surface area contributed by atoms with Gasteiger partial charge in [0.1, 0.15) is 5.82 Å². The highest BCUT2D eigenvalue weighted by molar-refractivity contribution is 5.86. The molecule has 2 aromatic heterocycles. The van der Waals surface area contributed by atoms with Crippen molar-refractivity contribution in [3.8, 4) is 11.1 Å². The van der Waals surface area contributed by atoms with E-state index in [0.717, 1.165) is 78.5 Å². The second kappa shape index (κ2) is 11.6. The van der Waals surface area contributed by atoms with E-state index in [4.69, 9.17) is 9.97 Å². The largest absolute Gasteiger partial charge is 0.481 e. The van der Waals surface area contributed by atoms with Gasteiger partial charge >= 0.3 is 5.97 Å². The molecule has 0 radical (unpaired) electrons. The number of piperidine rings is 2. The molecule has 5 heterocycles. The average molecular weight is 605 g/mol. The van der Waals surface area contributed by atoms with Gasteiger partial charge in [-0.25, -0.2) is 13.8 Å². The number of aliphatic carboxylic acids is 1. The summed E-state index contributed by atoms with van der Waals surface area (Å²) in [5, 5.41) is 9.82. The number of carboxylic acid groups (broad SMARTS) is 1. The summed E-state index contributed by atoms with van der Waals surface area (Å²) >= 11 is 0. The fraction of sp³-hybridized carbons (Fsp3) is 0.529. The highest BCUT2D eigenvalue weighted by atomic mass is 19.3. The van der Waals surface area contributed by atoms with Crippen LogP contribution in [0.3, 0.4) is 0 Å². The van der Waals surface area contributed by atoms with Gasteiger partial charge in [0.25, 0.3) is 5.92 Å². The minimum absolute atomic E-state index is 0.0536. The predicted molar refractivity (Wildman–Crippen MR) is 169 cm³/mol. The van der Waals surface area contributed by atoms with E-state index in [0.29, 0.717) is 12.5 Å². The van der Waals surface area contributed by atoms with Gasteiger partial charge in [-0.3, -0.25) is 9.78 Å². The zero-order valence-corrected chi connectivity index (χ0v) is 26.2. The number of benzene rings is 1. The van der Waals surface area contributed by atoms with Gasteiger partial charge in [-0.15, -0.1) is 0 Å². The lowest BCUT2D eigenvalue weighted by Crippen LogP contribution is -2.40. The van der Waals surface area contributed by atoms with E-state index in [9.17, 15) is 18.7 Å². The summed E-state index contributed by atoms with van der Waals surface area (Å²) in [6.07, 6.45) is 4.24. The Morgan fingerprint density at radius 1 is 0.886 bits per heavy atom. The molecule has 6 rings (SSSR count). The lowest BCUT2D eigenvalue weighted by Gasteiger charge is -2.40. The molecule has 2 saturated heterocycles. The third-order valence-corrected chi connectivity index (χ3v) is 9.65. The van der Waals surface area contributed by atoms with E-state index in [2.05, 4.69) is 46.8 Å². The predicted octanol–water partition coefficient (Wildman–Crippen LogP) is 6.21. The summed E-state index contributed by atoms with van der Waals surface area (Å²) in [5.41, 5.74) is 8.37. The molecule has 1 N–H and O–H groups in total. The number of hydrogen-bond acceptors (Lipinski definition) is 7. The van der Waals surface area contributed by atoms with E-state index < -0.39 is 11.9 Å². The fourth-order valence-electron chi connectivity index (χ4n) is 6.87. The first-order valence-corrected chi connectivity index (χ1v) is 15.7. The molecule has 3 aliphatic heterocycles. The lowest BCUT2D eigenvalue weighted by molar-refractivity contribution is -0.136. The minimum Gasteiger partial charge on any atom is -0.481 e. The van der Waals surface area contributed by atoms with Crippen LogP contribution in [-0.4, -0.2) is 64.7 Å². The summed E-state index contributed by atoms with van der Waals surface area (Å²) in [7, 11) is 0. The number of anilines is 3. The summed E-state index contributed by atoms with van der Waals surface area (Å²) in [6, 6.07) is 8.46. The SMILES string of the molecule is Cc1nc(C)c(-c2ccc3c(c2)CCN(c2ccnc(N4CCC(F)(F)CC4)n2)C3)c(N2CCC(C)(C)CC2)c1CC(=O)O. The van der Waals surface area contributed by atoms with Gasteiger partial charge in [-0.1, -0.05) is 32.0 Å². The molecule has 44 heavy (non-hydrogen) atoms. The van der Waals surface area contributed by atoms with Crippen LogP contribution in [0, 0.1) is 19.3 Å². The standard InChI is InChI=1S/C34H42F2N6O2/c1-22-27(20-29(43)44)31(40-15-9-33(3,4)10-16-40)30(23(2)38-22)25-5-6-26-21-42(14-8-24(26)19-25)28-7-13-37-32(39-28)41-17-11-34(35,36)12-18-41/h5-7,13,19H,8-12,14-18,20-21H2,1-4H3,(H,43,44). The Bertz CT molecular complexity index is 1560. The van der Waals surface area contributed by atoms with Crippen molar-refractivity contribution in [1.82, 2.24) is 15.0 Å². The van der Waals surface area contributed by atoms with E-state index in [1.54, 1.807) is 6.20 Å². The van der Waals surface area contributed by atoms with Crippen molar-refractivity contribution >= 4 is 23.4 Å². The number of pyridine rings is 1. The van der Waals surface area contributed by atoms with Crippen molar-refractivity contribution in [1.29, 1.82) is 0 Å². The first-order valence-electron chi connectivity index (χ1n) is 15.7. The monoisotopic (exact) mass is 604 g/mol. The number of carbonyl (C=O) groups is 1. The minimum atomic E-state index is -2.61. The van der Waals surface area contributed by atoms with Crippen molar-refractivity contribution in [2.45, 2.75) is 78.7 Å². The molecule has 0 saturated carbocycles. The highest BCUT2D eigenvalue weighted by Gasteiger charge is 2.35. The molecule has 3 aromatic rings. The van der Waals surface area contributed by atoms with Crippen molar-refractivity contribution in [2.75, 3.05) is 47.4 Å². The maximum atomic E-state index is 13.7. The zero-order valence-electron chi connectivity index (χ0n) is 26.2. The van der Waals surface area contributed by atoms with Crippen LogP contribution >= 0.6 is 0 Å². The van der Waals surface area contributed by atoms with Crippen LogP contribution in [-0.2, 0) is 24.2 Å². The Morgan fingerprint density at radius 2 is 1.59 bits per heavy atom. The van der Waals surface area contributed by atoms with Crippen molar-refractivity contribution in [3.63, 3.8) is 0 Å². The number of aromatic nitrogens is 3. The number of rotatable bonds is 6. The summed E-state index contributed by atoms with van der Waals surface area (Å²) in [4.78, 5) is 32.4. The molecule has 0 amide bonds. The molecule has 3 aliphatic rings. The van der Waals surface area contributed by atoms with Crippen LogP contribution in [0.1, 0.15) is 67.6 Å². The Hall–Kier alpha value is -3.82. The smallest absolute Gasteiger partial charge is 0.307 e. The molecule has 0 bridgehead atoms. The maximum absolute atomic E-state index is 13.7. The van der Waals surface area contributed by atoms with E-state index >= 15 is 0 Å². The molecular weight excluding hydrogens is 562 g/mol. The topological polar surface area (TPSA) is 85.7 Å². The highest BCUT2D eigenvalue weighted by Crippen LogP contribution is 2.42. The molecule has 0 atom stereocenters. The summed E-state index contributed by atoms with van der Waals surface area (Å²) in [5.74, 6) is -2.15. The quantitative estimate of drug-likeness (QED) is 0.356. The second-order valence-corrected chi connectivity index (χ2v) is 13.4. The Morgan fingerprint density at radius 3 is 2.30 bits per heavy atom. The van der Waals surface area contributed by atoms with Crippen molar-refractivity contribution < 1.29 is 18.7 Å². The van der Waals surface area contributed by atoms with Crippen LogP contribution < -0.4 is 14.7 Å². The number of carboxylic acids is 1. The number of fused-ring (bicyclic) bond motifs is 1. The third-order valence-electron chi connectivity index (χ3n) is 9.65. The molecule has 8 nitrogen and oxygen atoms in total. The second-order valence-electron chi connectivity index (χ2n) is 13.4. The fourth-order valence-corrected chi connectivity index (χ4v) is 6.87. The number of hydrogen-bond donors (Lipinski definition) is 1. The third kappa shape index (κ3) is 6.21. The van der Waals surface area contributed by atoms with Crippen LogP contribution in [0.15, 0.2) is 30.5 Å². The number of halogens is 2. The average Bonchev–Trinajstić information content (AvgIpc) is 2.98. The zero-order chi connectivity index (χ0) is 31.2. The first kappa shape index (κ1) is 30.2. The Kier molecular flexibility index (Phi) is 7.96. The van der Waals surface area contributed by atoms with Crippen LogP contribution in [0.5, 0.6) is 0 Å². The number of nitrogens with zero attached hydrogens (tertiary/aromatic N) is 6. The van der Waals surface area contributed by atoms with Gasteiger partial charge in [0.05, 0.1) is 12.1 Å². The van der Waals surface area contributed by atoms with Crippen molar-refractivity contribution in [3.05, 3.63) is 58.5 Å². The van der Waals surface area contributed by atoms with Gasteiger partial charge in [-0.2, -0.15) is 4.98 Å². The van der Waals surface area contributed by atoms with Crippen LogP contribution in [0.25, 0.3) is 11.1 Å². The molecular formula is C34H42F2N6O2. The maximum Gasteiger partial charge on any atom is 0.307 e. The van der Waals surface area contributed by atoms with Crippen molar-refractivity contribution in [2.24, 2.45) is 5.41 Å². The molecule has 1 aromatic carbocycles. The van der Waals surface area contributed by atoms with Gasteiger partial charge in [0.2, 0.25) is 5.95 Å².